The molecule has 0 aliphatic carbocycles. The third kappa shape index (κ3) is 2.91. The van der Waals surface area contributed by atoms with E-state index >= 15 is 0 Å². The summed E-state index contributed by atoms with van der Waals surface area (Å²) >= 11 is 0. The Hall–Kier alpha value is -0.910. The van der Waals surface area contributed by atoms with Crippen molar-refractivity contribution in [3.8, 4) is 0 Å². The van der Waals surface area contributed by atoms with Crippen LogP contribution in [0, 0.1) is 0 Å². The van der Waals surface area contributed by atoms with Crippen LogP contribution in [-0.2, 0) is 15.8 Å². The van der Waals surface area contributed by atoms with E-state index < -0.39 is 10.0 Å². The highest BCUT2D eigenvalue weighted by atomic mass is 32.2. The molecule has 1 aromatic rings. The smallest absolute Gasteiger partial charge is 0.218 e. The van der Waals surface area contributed by atoms with E-state index in [0.29, 0.717) is 13.1 Å². The maximum Gasteiger partial charge on any atom is 0.218 e. The van der Waals surface area contributed by atoms with Gasteiger partial charge in [-0.2, -0.15) is 4.31 Å². The number of hydrogen-bond acceptors (Lipinski definition) is 3. The zero-order valence-corrected chi connectivity index (χ0v) is 11.5. The first kappa shape index (κ1) is 13.5. The van der Waals surface area contributed by atoms with Gasteiger partial charge >= 0.3 is 0 Å². The lowest BCUT2D eigenvalue weighted by atomic mass is 9.89. The number of nitrogens with zero attached hydrogens (tertiary/aromatic N) is 1. The largest absolute Gasteiger partial charge is 0.323 e. The Balaban J connectivity index is 1.98. The molecule has 1 aliphatic rings. The second kappa shape index (κ2) is 4.99. The van der Waals surface area contributed by atoms with E-state index in [1.807, 2.05) is 30.3 Å². The fourth-order valence-electron chi connectivity index (χ4n) is 2.38. The zero-order valence-electron chi connectivity index (χ0n) is 10.7. The third-order valence-corrected chi connectivity index (χ3v) is 5.06. The third-order valence-electron chi connectivity index (χ3n) is 3.32. The molecule has 0 radical (unpaired) electrons. The molecule has 1 saturated heterocycles. The Kier molecular flexibility index (Phi) is 3.75. The summed E-state index contributed by atoms with van der Waals surface area (Å²) in [6.07, 6.45) is 1.87. The molecule has 1 aliphatic heterocycles. The van der Waals surface area contributed by atoms with E-state index in [1.54, 1.807) is 0 Å². The first-order valence-corrected chi connectivity index (χ1v) is 7.87. The molecule has 0 bridgehead atoms. The summed E-state index contributed by atoms with van der Waals surface area (Å²) in [5, 5.41) is 0. The van der Waals surface area contributed by atoms with Crippen molar-refractivity contribution in [2.45, 2.75) is 31.1 Å². The molecule has 4 nitrogen and oxygen atoms in total. The van der Waals surface area contributed by atoms with Gasteiger partial charge in [-0.1, -0.05) is 43.7 Å². The quantitative estimate of drug-likeness (QED) is 0.876. The molecule has 2 N–H and O–H groups in total. The summed E-state index contributed by atoms with van der Waals surface area (Å²) in [6.45, 7) is 2.97. The summed E-state index contributed by atoms with van der Waals surface area (Å²) in [5.41, 5.74) is 6.60. The van der Waals surface area contributed by atoms with Crippen LogP contribution in [0.5, 0.6) is 0 Å². The molecule has 1 heterocycles. The number of sulfonamides is 1. The van der Waals surface area contributed by atoms with Gasteiger partial charge in [-0.25, -0.2) is 8.42 Å². The van der Waals surface area contributed by atoms with Gasteiger partial charge in [0.05, 0.1) is 5.75 Å². The second-order valence-electron chi connectivity index (χ2n) is 5.12. The molecule has 0 unspecified atom stereocenters. The van der Waals surface area contributed by atoms with Crippen LogP contribution in [0.3, 0.4) is 0 Å². The predicted octanol–water partition coefficient (Wildman–Crippen LogP) is 1.33. The van der Waals surface area contributed by atoms with Crippen LogP contribution in [0.4, 0.5) is 0 Å². The lowest BCUT2D eigenvalue weighted by molar-refractivity contribution is 0.146. The molecule has 0 aromatic heterocycles. The van der Waals surface area contributed by atoms with Gasteiger partial charge in [0, 0.05) is 18.6 Å². The first-order valence-electron chi connectivity index (χ1n) is 6.26. The molecule has 0 amide bonds. The Morgan fingerprint density at radius 3 is 2.44 bits per heavy atom. The normalized spacial score (nSPS) is 19.4. The van der Waals surface area contributed by atoms with Crippen molar-refractivity contribution in [3.05, 3.63) is 35.9 Å². The van der Waals surface area contributed by atoms with Gasteiger partial charge in [0.25, 0.3) is 0 Å². The van der Waals surface area contributed by atoms with Gasteiger partial charge in [0.2, 0.25) is 10.0 Å². The highest BCUT2D eigenvalue weighted by Crippen LogP contribution is 2.27. The van der Waals surface area contributed by atoms with E-state index in [9.17, 15) is 8.42 Å². The Bertz CT molecular complexity index is 493. The summed E-state index contributed by atoms with van der Waals surface area (Å²) in [4.78, 5) is 0. The van der Waals surface area contributed by atoms with E-state index in [4.69, 9.17) is 5.73 Å². The molecular formula is C13H20N2O2S. The molecule has 1 aromatic carbocycles. The van der Waals surface area contributed by atoms with E-state index in [-0.39, 0.29) is 11.3 Å². The van der Waals surface area contributed by atoms with Gasteiger partial charge in [-0.15, -0.1) is 0 Å². The molecule has 2 rings (SSSR count). The van der Waals surface area contributed by atoms with E-state index in [2.05, 4.69) is 6.92 Å². The molecule has 5 heteroatoms. The minimum atomic E-state index is -3.21. The summed E-state index contributed by atoms with van der Waals surface area (Å²) in [7, 11) is -3.21. The lowest BCUT2D eigenvalue weighted by Gasteiger charge is -2.46. The van der Waals surface area contributed by atoms with Gasteiger partial charge < -0.3 is 5.73 Å². The Labute approximate surface area is 109 Å². The number of hydrogen-bond donors (Lipinski definition) is 1. The van der Waals surface area contributed by atoms with Gasteiger partial charge in [-0.05, 0) is 12.0 Å². The van der Waals surface area contributed by atoms with Crippen molar-refractivity contribution in [2.24, 2.45) is 5.73 Å². The van der Waals surface area contributed by atoms with Crippen molar-refractivity contribution < 1.29 is 8.42 Å². The standard InChI is InChI=1S/C13H20N2O2S/c1-2-8-13(14)10-15(11-13)18(16,17)9-12-6-4-3-5-7-12/h3-7H,2,8-11,14H2,1H3. The molecule has 1 fully saturated rings. The SMILES string of the molecule is CCCC1(N)CN(S(=O)(=O)Cc2ccccc2)C1. The average Bonchev–Trinajstić information content (AvgIpc) is 2.27. The Morgan fingerprint density at radius 2 is 1.89 bits per heavy atom. The fraction of sp³-hybridized carbons (Fsp3) is 0.538. The summed E-state index contributed by atoms with van der Waals surface area (Å²) < 4.78 is 25.8. The highest BCUT2D eigenvalue weighted by Gasteiger charge is 2.44. The van der Waals surface area contributed by atoms with Crippen LogP contribution in [-0.4, -0.2) is 31.4 Å². The first-order chi connectivity index (χ1) is 8.45. The molecule has 0 atom stereocenters. The Morgan fingerprint density at radius 1 is 1.28 bits per heavy atom. The topological polar surface area (TPSA) is 63.4 Å². The van der Waals surface area contributed by atoms with Crippen LogP contribution in [0.25, 0.3) is 0 Å². The minimum absolute atomic E-state index is 0.0655. The van der Waals surface area contributed by atoms with Crippen molar-refractivity contribution in [2.75, 3.05) is 13.1 Å². The minimum Gasteiger partial charge on any atom is -0.323 e. The van der Waals surface area contributed by atoms with E-state index in [0.717, 1.165) is 18.4 Å². The maximum absolute atomic E-state index is 12.1. The average molecular weight is 268 g/mol. The molecular weight excluding hydrogens is 248 g/mol. The maximum atomic E-state index is 12.1. The lowest BCUT2D eigenvalue weighted by Crippen LogP contribution is -2.68. The molecule has 0 spiro atoms. The van der Waals surface area contributed by atoms with Crippen LogP contribution < -0.4 is 5.73 Å². The highest BCUT2D eigenvalue weighted by molar-refractivity contribution is 7.88. The number of nitrogens with two attached hydrogens (primary N) is 1. The van der Waals surface area contributed by atoms with E-state index in [1.165, 1.54) is 4.31 Å². The summed E-state index contributed by atoms with van der Waals surface area (Å²) in [6, 6.07) is 9.25. The molecule has 100 valence electrons. The predicted molar refractivity (Wildman–Crippen MR) is 72.5 cm³/mol. The van der Waals surface area contributed by atoms with Crippen molar-refractivity contribution in [3.63, 3.8) is 0 Å². The van der Waals surface area contributed by atoms with Crippen LogP contribution in [0.15, 0.2) is 30.3 Å². The number of benzene rings is 1. The fourth-order valence-corrected chi connectivity index (χ4v) is 4.09. The van der Waals surface area contributed by atoms with Gasteiger partial charge in [-0.3, -0.25) is 0 Å². The van der Waals surface area contributed by atoms with Crippen molar-refractivity contribution in [1.82, 2.24) is 4.31 Å². The number of rotatable bonds is 5. The van der Waals surface area contributed by atoms with Crippen LogP contribution in [0.1, 0.15) is 25.3 Å². The van der Waals surface area contributed by atoms with Crippen LogP contribution >= 0.6 is 0 Å². The summed E-state index contributed by atoms with van der Waals surface area (Å²) in [5.74, 6) is 0.0655. The molecule has 0 saturated carbocycles. The van der Waals surface area contributed by atoms with Crippen molar-refractivity contribution in [1.29, 1.82) is 0 Å². The van der Waals surface area contributed by atoms with Gasteiger partial charge in [0.1, 0.15) is 0 Å². The van der Waals surface area contributed by atoms with Crippen molar-refractivity contribution >= 4 is 10.0 Å². The monoisotopic (exact) mass is 268 g/mol. The zero-order chi connectivity index (χ0) is 13.2. The second-order valence-corrected chi connectivity index (χ2v) is 7.09. The van der Waals surface area contributed by atoms with Gasteiger partial charge in [0.15, 0.2) is 0 Å². The molecule has 18 heavy (non-hydrogen) atoms. The van der Waals surface area contributed by atoms with Crippen LogP contribution in [0.2, 0.25) is 0 Å².